The molecule has 0 bridgehead atoms. The van der Waals surface area contributed by atoms with E-state index in [1.54, 1.807) is 0 Å². The van der Waals surface area contributed by atoms with E-state index in [1.165, 1.54) is 0 Å². The maximum absolute atomic E-state index is 12.7. The molecule has 0 spiro atoms. The number of aliphatic hydroxyl groups is 1. The quantitative estimate of drug-likeness (QED) is 0.400. The number of hydrogen-bond donors (Lipinski definition) is 3. The van der Waals surface area contributed by atoms with Gasteiger partial charge in [-0.2, -0.15) is 0 Å². The molecule has 3 aromatic rings. The zero-order chi connectivity index (χ0) is 19.8. The molecule has 5 nitrogen and oxygen atoms in total. The van der Waals surface area contributed by atoms with E-state index in [2.05, 4.69) is 5.32 Å². The van der Waals surface area contributed by atoms with Crippen LogP contribution in [0.1, 0.15) is 28.8 Å². The van der Waals surface area contributed by atoms with Crippen LogP contribution in [-0.4, -0.2) is 36.6 Å². The van der Waals surface area contributed by atoms with Crippen molar-refractivity contribution in [2.75, 3.05) is 20.1 Å². The van der Waals surface area contributed by atoms with Crippen molar-refractivity contribution in [3.63, 3.8) is 0 Å². The highest BCUT2D eigenvalue weighted by atomic mass is 35.5. The molecule has 2 unspecified atom stereocenters. The van der Waals surface area contributed by atoms with Crippen LogP contribution in [0.3, 0.4) is 0 Å². The first-order valence-corrected chi connectivity index (χ1v) is 9.57. The van der Waals surface area contributed by atoms with Crippen LogP contribution in [0.25, 0.3) is 0 Å². The lowest BCUT2D eigenvalue weighted by Crippen LogP contribution is -3.10. The monoisotopic (exact) mass is 428 g/mol. The first-order valence-electron chi connectivity index (χ1n) is 9.57. The highest BCUT2D eigenvalue weighted by molar-refractivity contribution is 5.77. The predicted molar refractivity (Wildman–Crippen MR) is 115 cm³/mol. The lowest BCUT2D eigenvalue weighted by Gasteiger charge is -2.22. The Morgan fingerprint density at radius 2 is 1.23 bits per heavy atom. The Bertz CT molecular complexity index is 824. The van der Waals surface area contributed by atoms with Crippen molar-refractivity contribution in [3.05, 3.63) is 108 Å². The van der Waals surface area contributed by atoms with Crippen molar-refractivity contribution in [1.29, 1.82) is 0 Å². The number of nitrogens with one attached hydrogen (secondary N) is 2. The van der Waals surface area contributed by atoms with Crippen LogP contribution in [0.5, 0.6) is 0 Å². The minimum Gasteiger partial charge on any atom is -1.00 e. The molecule has 0 saturated heterocycles. The number of hydrogen-bond acceptors (Lipinski definition) is 2. The Labute approximate surface area is 184 Å². The predicted octanol–water partition coefficient (Wildman–Crippen LogP) is -1.68. The van der Waals surface area contributed by atoms with Crippen molar-refractivity contribution in [1.82, 2.24) is 5.32 Å². The summed E-state index contributed by atoms with van der Waals surface area (Å²) in [7, 11) is 1.92. The van der Waals surface area contributed by atoms with Gasteiger partial charge >= 0.3 is 0 Å². The van der Waals surface area contributed by atoms with E-state index in [4.69, 9.17) is 0 Å². The van der Waals surface area contributed by atoms with E-state index >= 15 is 0 Å². The van der Waals surface area contributed by atoms with Crippen LogP contribution in [0.4, 0.5) is 0 Å². The summed E-state index contributed by atoms with van der Waals surface area (Å²) in [5.41, 5.74) is 2.96. The van der Waals surface area contributed by atoms with Gasteiger partial charge in [-0.1, -0.05) is 91.0 Å². The number of carbonyl (C=O) groups is 1. The van der Waals surface area contributed by atoms with Crippen LogP contribution in [-0.2, 0) is 4.79 Å². The summed E-state index contributed by atoms with van der Waals surface area (Å²) in [5.74, 6) is -0.0459. The van der Waals surface area contributed by atoms with Gasteiger partial charge in [0.1, 0.15) is 12.6 Å². The second-order valence-corrected chi connectivity index (χ2v) is 7.09. The number of carbonyl (C=O) groups excluding carboxylic acids is 1. The molecule has 30 heavy (non-hydrogen) atoms. The first-order chi connectivity index (χ1) is 13.6. The molecule has 6 heteroatoms. The van der Waals surface area contributed by atoms with Crippen LogP contribution in [0.2, 0.25) is 0 Å². The van der Waals surface area contributed by atoms with E-state index < -0.39 is 6.10 Å². The molecule has 0 fully saturated rings. The third-order valence-electron chi connectivity index (χ3n) is 4.76. The largest absolute Gasteiger partial charge is 1.00 e. The maximum atomic E-state index is 12.7. The minimum atomic E-state index is -0.590. The average Bonchev–Trinajstić information content (AvgIpc) is 2.74. The molecule has 0 heterocycles. The number of halogens is 1. The molecule has 3 rings (SSSR count). The van der Waals surface area contributed by atoms with Gasteiger partial charge in [0.25, 0.3) is 5.91 Å². The molecule has 0 aliphatic heterocycles. The summed E-state index contributed by atoms with van der Waals surface area (Å²) in [6, 6.07) is 29.3. The van der Waals surface area contributed by atoms with Gasteiger partial charge in [0.15, 0.2) is 6.54 Å². The van der Waals surface area contributed by atoms with E-state index in [9.17, 15) is 9.90 Å². The lowest BCUT2D eigenvalue weighted by atomic mass is 9.99. The highest BCUT2D eigenvalue weighted by Crippen LogP contribution is 2.21. The van der Waals surface area contributed by atoms with Gasteiger partial charge in [0.05, 0.1) is 13.1 Å². The Balaban J connectivity index is 0.00000225. The fourth-order valence-electron chi connectivity index (χ4n) is 3.33. The number of quaternary nitrogens is 1. The van der Waals surface area contributed by atoms with Crippen LogP contribution < -0.4 is 22.6 Å². The van der Waals surface area contributed by atoms with E-state index in [1.807, 2.05) is 98.0 Å². The smallest absolute Gasteiger partial charge is 0.275 e. The summed E-state index contributed by atoms with van der Waals surface area (Å²) in [5, 5.41) is 13.5. The third-order valence-corrected chi connectivity index (χ3v) is 4.76. The Morgan fingerprint density at radius 3 is 1.67 bits per heavy atom. The van der Waals surface area contributed by atoms with Crippen LogP contribution in [0, 0.1) is 0 Å². The van der Waals surface area contributed by atoms with Crippen molar-refractivity contribution >= 4 is 5.91 Å². The lowest BCUT2D eigenvalue weighted by molar-refractivity contribution is -0.875. The molecular weight excluding hydrogens is 400 g/mol. The normalized spacial score (nSPS) is 12.2. The molecule has 0 radical (unpaired) electrons. The molecule has 3 aromatic carbocycles. The SMILES string of the molecule is C[NH+](CC(=O)NC(c1ccccc1)c1ccccc1)CC(O)c1ccccc1.O.[Cl-]. The number of amides is 1. The van der Waals surface area contributed by atoms with Gasteiger partial charge < -0.3 is 33.2 Å². The van der Waals surface area contributed by atoms with Crippen molar-refractivity contribution in [2.24, 2.45) is 0 Å². The first kappa shape index (κ1) is 25.3. The molecular formula is C24H29ClN2O3. The minimum absolute atomic E-state index is 0. The fourth-order valence-corrected chi connectivity index (χ4v) is 3.33. The third kappa shape index (κ3) is 7.28. The summed E-state index contributed by atoms with van der Waals surface area (Å²) >= 11 is 0. The van der Waals surface area contributed by atoms with E-state index in [0.717, 1.165) is 21.6 Å². The molecule has 0 aliphatic rings. The summed E-state index contributed by atoms with van der Waals surface area (Å²) in [6.07, 6.45) is -0.590. The van der Waals surface area contributed by atoms with Gasteiger partial charge in [-0.3, -0.25) is 4.79 Å². The standard InChI is InChI=1S/C24H26N2O2.ClH.H2O/c1-26(17-22(27)19-11-5-2-6-12-19)18-23(28)25-24(20-13-7-3-8-14-20)21-15-9-4-10-16-21;;/h2-16,22,24,27H,17-18H2,1H3,(H,25,28);1H;1H2. The number of rotatable bonds is 8. The summed E-state index contributed by atoms with van der Waals surface area (Å²) < 4.78 is 0. The number of aliphatic hydroxyl groups excluding tert-OH is 1. The van der Waals surface area contributed by atoms with E-state index in [0.29, 0.717) is 13.1 Å². The van der Waals surface area contributed by atoms with Crippen molar-refractivity contribution in [3.8, 4) is 0 Å². The maximum Gasteiger partial charge on any atom is 0.275 e. The topological polar surface area (TPSA) is 85.3 Å². The average molecular weight is 429 g/mol. The zero-order valence-corrected chi connectivity index (χ0v) is 17.7. The van der Waals surface area contributed by atoms with Crippen molar-refractivity contribution < 1.29 is 32.7 Å². The fraction of sp³-hybridized carbons (Fsp3) is 0.208. The van der Waals surface area contributed by atoms with Crippen LogP contribution >= 0.6 is 0 Å². The molecule has 2 atom stereocenters. The van der Waals surface area contributed by atoms with Gasteiger partial charge in [-0.05, 0) is 16.7 Å². The van der Waals surface area contributed by atoms with Crippen molar-refractivity contribution in [2.45, 2.75) is 12.1 Å². The highest BCUT2D eigenvalue weighted by Gasteiger charge is 2.20. The summed E-state index contributed by atoms with van der Waals surface area (Å²) in [6.45, 7) is 0.763. The second kappa shape index (κ2) is 12.8. The molecule has 0 saturated carbocycles. The Kier molecular flexibility index (Phi) is 10.8. The molecule has 1 amide bonds. The Morgan fingerprint density at radius 1 is 0.833 bits per heavy atom. The van der Waals surface area contributed by atoms with Gasteiger partial charge in [0, 0.05) is 0 Å². The van der Waals surface area contributed by atoms with Gasteiger partial charge in [0.2, 0.25) is 0 Å². The van der Waals surface area contributed by atoms with E-state index in [-0.39, 0.29) is 29.8 Å². The molecule has 0 aromatic heterocycles. The molecule has 5 N–H and O–H groups in total. The zero-order valence-electron chi connectivity index (χ0n) is 17.0. The second-order valence-electron chi connectivity index (χ2n) is 7.09. The molecule has 0 aliphatic carbocycles. The number of benzene rings is 3. The van der Waals surface area contributed by atoms with Gasteiger partial charge in [-0.15, -0.1) is 0 Å². The number of likely N-dealkylation sites (N-methyl/N-ethyl adjacent to an activating group) is 1. The Hall–Kier alpha value is -2.70. The van der Waals surface area contributed by atoms with Crippen LogP contribution in [0.15, 0.2) is 91.0 Å². The van der Waals surface area contributed by atoms with Gasteiger partial charge in [-0.25, -0.2) is 0 Å². The molecule has 160 valence electrons. The summed E-state index contributed by atoms with van der Waals surface area (Å²) in [4.78, 5) is 13.7.